The lowest BCUT2D eigenvalue weighted by molar-refractivity contribution is -0.154. The minimum Gasteiger partial charge on any atom is -0.460 e. The molecule has 1 saturated heterocycles. The van der Waals surface area contributed by atoms with E-state index in [1.54, 1.807) is 11.8 Å². The molecular weight excluding hydrogens is 186 g/mol. The van der Waals surface area contributed by atoms with Crippen LogP contribution >= 0.6 is 11.8 Å². The van der Waals surface area contributed by atoms with Gasteiger partial charge in [-0.3, -0.25) is 4.79 Å². The third-order valence-electron chi connectivity index (χ3n) is 1.61. The highest BCUT2D eigenvalue weighted by Crippen LogP contribution is 2.19. The first-order valence-electron chi connectivity index (χ1n) is 4.51. The summed E-state index contributed by atoms with van der Waals surface area (Å²) >= 11 is 1.78. The zero-order valence-corrected chi connectivity index (χ0v) is 9.24. The number of hydrogen-bond acceptors (Lipinski definition) is 4. The molecule has 0 bridgehead atoms. The fourth-order valence-corrected chi connectivity index (χ4v) is 2.12. The maximum Gasteiger partial charge on any atom is 0.307 e. The van der Waals surface area contributed by atoms with Gasteiger partial charge in [0.15, 0.2) is 0 Å². The smallest absolute Gasteiger partial charge is 0.307 e. The van der Waals surface area contributed by atoms with Gasteiger partial charge in [-0.15, -0.1) is 11.8 Å². The van der Waals surface area contributed by atoms with Crippen LogP contribution in [0.25, 0.3) is 0 Å². The number of hydrogen-bond donors (Lipinski definition) is 1. The Bertz CT molecular complexity index is 183. The molecule has 76 valence electrons. The highest BCUT2D eigenvalue weighted by molar-refractivity contribution is 8.00. The Morgan fingerprint density at radius 2 is 2.31 bits per heavy atom. The molecule has 1 atom stereocenters. The van der Waals surface area contributed by atoms with Gasteiger partial charge in [0, 0.05) is 17.7 Å². The molecule has 1 N–H and O–H groups in total. The van der Waals surface area contributed by atoms with Crippen LogP contribution < -0.4 is 5.32 Å². The standard InChI is InChI=1S/C9H17NO2S/c1-9(2,3)12-8(11)4-7-5-10-6-13-7/h7,10H,4-6H2,1-3H3. The highest BCUT2D eigenvalue weighted by atomic mass is 32.2. The highest BCUT2D eigenvalue weighted by Gasteiger charge is 2.22. The third-order valence-corrected chi connectivity index (χ3v) is 2.78. The van der Waals surface area contributed by atoms with E-state index in [0.717, 1.165) is 12.4 Å². The minimum absolute atomic E-state index is 0.0892. The van der Waals surface area contributed by atoms with Gasteiger partial charge in [0.25, 0.3) is 0 Å². The van der Waals surface area contributed by atoms with Gasteiger partial charge in [0.2, 0.25) is 0 Å². The van der Waals surface area contributed by atoms with Crippen molar-refractivity contribution in [3.05, 3.63) is 0 Å². The first kappa shape index (κ1) is 10.9. The zero-order chi connectivity index (χ0) is 9.90. The van der Waals surface area contributed by atoms with E-state index in [0.29, 0.717) is 11.7 Å². The topological polar surface area (TPSA) is 38.3 Å². The third kappa shape index (κ3) is 4.52. The predicted molar refractivity (Wildman–Crippen MR) is 54.7 cm³/mol. The SMILES string of the molecule is CC(C)(C)OC(=O)CC1CNCS1. The molecule has 0 spiro atoms. The Morgan fingerprint density at radius 1 is 1.62 bits per heavy atom. The van der Waals surface area contributed by atoms with Crippen molar-refractivity contribution in [1.82, 2.24) is 5.32 Å². The molecule has 1 aliphatic heterocycles. The first-order valence-corrected chi connectivity index (χ1v) is 5.56. The van der Waals surface area contributed by atoms with Gasteiger partial charge in [0.05, 0.1) is 6.42 Å². The van der Waals surface area contributed by atoms with Gasteiger partial charge in [0.1, 0.15) is 5.60 Å². The Labute approximate surface area is 83.6 Å². The monoisotopic (exact) mass is 203 g/mol. The summed E-state index contributed by atoms with van der Waals surface area (Å²) in [5.41, 5.74) is -0.353. The second-order valence-corrected chi connectivity index (χ2v) is 5.47. The average Bonchev–Trinajstić information content (AvgIpc) is 2.34. The maximum atomic E-state index is 11.4. The molecule has 3 nitrogen and oxygen atoms in total. The van der Waals surface area contributed by atoms with Crippen molar-refractivity contribution in [1.29, 1.82) is 0 Å². The fraction of sp³-hybridized carbons (Fsp3) is 0.889. The largest absolute Gasteiger partial charge is 0.460 e. The average molecular weight is 203 g/mol. The molecule has 1 aliphatic rings. The molecule has 1 unspecified atom stereocenters. The van der Waals surface area contributed by atoms with Gasteiger partial charge in [-0.1, -0.05) is 0 Å². The van der Waals surface area contributed by atoms with Crippen molar-refractivity contribution >= 4 is 17.7 Å². The molecule has 0 aromatic heterocycles. The van der Waals surface area contributed by atoms with Crippen molar-refractivity contribution in [2.45, 2.75) is 38.0 Å². The maximum absolute atomic E-state index is 11.4. The van der Waals surface area contributed by atoms with Gasteiger partial charge in [-0.2, -0.15) is 0 Å². The molecule has 0 saturated carbocycles. The summed E-state index contributed by atoms with van der Waals surface area (Å²) in [5, 5.41) is 3.59. The minimum atomic E-state index is -0.353. The number of esters is 1. The van der Waals surface area contributed by atoms with Gasteiger partial charge < -0.3 is 10.1 Å². The molecule has 4 heteroatoms. The van der Waals surface area contributed by atoms with Crippen LogP contribution in [-0.4, -0.2) is 29.2 Å². The molecule has 0 amide bonds. The van der Waals surface area contributed by atoms with Crippen LogP contribution in [0.1, 0.15) is 27.2 Å². The van der Waals surface area contributed by atoms with E-state index in [9.17, 15) is 4.79 Å². The molecule has 0 aromatic rings. The van der Waals surface area contributed by atoms with E-state index in [1.807, 2.05) is 20.8 Å². The molecule has 1 heterocycles. The summed E-state index contributed by atoms with van der Waals surface area (Å²) in [6.45, 7) is 6.60. The molecule has 1 fully saturated rings. The number of ether oxygens (including phenoxy) is 1. The second kappa shape index (κ2) is 4.33. The number of nitrogens with one attached hydrogen (secondary N) is 1. The normalized spacial score (nSPS) is 23.2. The van der Waals surface area contributed by atoms with Gasteiger partial charge in [-0.05, 0) is 20.8 Å². The molecular formula is C9H17NO2S. The van der Waals surface area contributed by atoms with Crippen LogP contribution in [0.4, 0.5) is 0 Å². The van der Waals surface area contributed by atoms with Gasteiger partial charge >= 0.3 is 5.97 Å². The number of rotatable bonds is 2. The van der Waals surface area contributed by atoms with Crippen LogP contribution in [-0.2, 0) is 9.53 Å². The summed E-state index contributed by atoms with van der Waals surface area (Å²) in [7, 11) is 0. The molecule has 13 heavy (non-hydrogen) atoms. The fourth-order valence-electron chi connectivity index (χ4n) is 1.16. The van der Waals surface area contributed by atoms with E-state index in [1.165, 1.54) is 0 Å². The van der Waals surface area contributed by atoms with Crippen molar-refractivity contribution in [3.63, 3.8) is 0 Å². The lowest BCUT2D eigenvalue weighted by Gasteiger charge is -2.20. The van der Waals surface area contributed by atoms with Crippen molar-refractivity contribution in [3.8, 4) is 0 Å². The lowest BCUT2D eigenvalue weighted by atomic mass is 10.2. The number of thioether (sulfide) groups is 1. The lowest BCUT2D eigenvalue weighted by Crippen LogP contribution is -2.26. The van der Waals surface area contributed by atoms with Crippen molar-refractivity contribution in [2.75, 3.05) is 12.4 Å². The van der Waals surface area contributed by atoms with Crippen LogP contribution in [0, 0.1) is 0 Å². The molecule has 0 radical (unpaired) electrons. The first-order chi connectivity index (χ1) is 5.97. The molecule has 0 aliphatic carbocycles. The Morgan fingerprint density at radius 3 is 2.77 bits per heavy atom. The molecule has 1 rings (SSSR count). The summed E-state index contributed by atoms with van der Waals surface area (Å²) < 4.78 is 5.22. The summed E-state index contributed by atoms with van der Waals surface area (Å²) in [5.74, 6) is 0.863. The Hall–Kier alpha value is -0.220. The second-order valence-electron chi connectivity index (χ2n) is 4.18. The quantitative estimate of drug-likeness (QED) is 0.688. The van der Waals surface area contributed by atoms with Crippen molar-refractivity contribution in [2.24, 2.45) is 0 Å². The van der Waals surface area contributed by atoms with Crippen molar-refractivity contribution < 1.29 is 9.53 Å². The molecule has 0 aromatic carbocycles. The van der Waals surface area contributed by atoms with Gasteiger partial charge in [-0.25, -0.2) is 0 Å². The van der Waals surface area contributed by atoms with E-state index in [4.69, 9.17) is 4.74 Å². The van der Waals surface area contributed by atoms with Crippen LogP contribution in [0.5, 0.6) is 0 Å². The number of carbonyl (C=O) groups excluding carboxylic acids is 1. The predicted octanol–water partition coefficient (Wildman–Crippen LogP) is 1.38. The van der Waals surface area contributed by atoms with Crippen LogP contribution in [0.15, 0.2) is 0 Å². The van der Waals surface area contributed by atoms with E-state index in [2.05, 4.69) is 5.32 Å². The van der Waals surface area contributed by atoms with E-state index >= 15 is 0 Å². The summed E-state index contributed by atoms with van der Waals surface area (Å²) in [6, 6.07) is 0. The summed E-state index contributed by atoms with van der Waals surface area (Å²) in [4.78, 5) is 11.4. The zero-order valence-electron chi connectivity index (χ0n) is 8.42. The Kier molecular flexibility index (Phi) is 3.62. The van der Waals surface area contributed by atoms with Crippen LogP contribution in [0.3, 0.4) is 0 Å². The van der Waals surface area contributed by atoms with E-state index < -0.39 is 0 Å². The Balaban J connectivity index is 2.24. The summed E-state index contributed by atoms with van der Waals surface area (Å²) in [6.07, 6.45) is 0.523. The van der Waals surface area contributed by atoms with E-state index in [-0.39, 0.29) is 11.6 Å². The number of carbonyl (C=O) groups is 1. The van der Waals surface area contributed by atoms with Crippen LogP contribution in [0.2, 0.25) is 0 Å².